The Labute approximate surface area is 150 Å². The Bertz CT molecular complexity index is 734. The summed E-state index contributed by atoms with van der Waals surface area (Å²) in [6, 6.07) is 5.35. The molecule has 1 aromatic carbocycles. The van der Waals surface area contributed by atoms with Crippen molar-refractivity contribution in [3.05, 3.63) is 40.5 Å². The summed E-state index contributed by atoms with van der Waals surface area (Å²) in [6.45, 7) is 4.71. The molecule has 8 heteroatoms. The Morgan fingerprint density at radius 1 is 1.20 bits per heavy atom. The van der Waals surface area contributed by atoms with Gasteiger partial charge in [0.1, 0.15) is 5.82 Å². The van der Waals surface area contributed by atoms with Crippen LogP contribution < -0.4 is 10.2 Å². The van der Waals surface area contributed by atoms with E-state index >= 15 is 0 Å². The maximum Gasteiger partial charge on any atom is 0.417 e. The fourth-order valence-corrected chi connectivity index (χ4v) is 2.48. The largest absolute Gasteiger partial charge is 0.417 e. The molecule has 0 fully saturated rings. The minimum absolute atomic E-state index is 0.261. The summed E-state index contributed by atoms with van der Waals surface area (Å²) >= 11 is 5.64. The topological polar surface area (TPSA) is 41.1 Å². The molecule has 0 bridgehead atoms. The number of aromatic nitrogens is 2. The van der Waals surface area contributed by atoms with Gasteiger partial charge in [0.2, 0.25) is 5.95 Å². The molecule has 1 aromatic heterocycles. The van der Waals surface area contributed by atoms with Gasteiger partial charge in [-0.25, -0.2) is 4.98 Å². The Balaban J connectivity index is 2.27. The van der Waals surface area contributed by atoms with Crippen LogP contribution in [0, 0.1) is 6.92 Å². The molecule has 136 valence electrons. The molecule has 0 amide bonds. The van der Waals surface area contributed by atoms with E-state index in [1.807, 2.05) is 18.9 Å². The van der Waals surface area contributed by atoms with E-state index in [9.17, 15) is 13.2 Å². The Morgan fingerprint density at radius 3 is 2.56 bits per heavy atom. The van der Waals surface area contributed by atoms with Crippen LogP contribution in [0.1, 0.15) is 31.0 Å². The summed E-state index contributed by atoms with van der Waals surface area (Å²) < 4.78 is 38.9. The van der Waals surface area contributed by atoms with Gasteiger partial charge in [-0.15, -0.1) is 0 Å². The molecule has 0 aliphatic rings. The maximum absolute atomic E-state index is 13.0. The van der Waals surface area contributed by atoms with Gasteiger partial charge in [0.05, 0.1) is 10.6 Å². The van der Waals surface area contributed by atoms with Crippen LogP contribution in [0.2, 0.25) is 5.02 Å². The summed E-state index contributed by atoms with van der Waals surface area (Å²) in [5, 5.41) is 2.56. The van der Waals surface area contributed by atoms with E-state index in [1.54, 1.807) is 6.07 Å². The molecular weight excluding hydrogens is 353 g/mol. The lowest BCUT2D eigenvalue weighted by atomic mass is 10.2. The van der Waals surface area contributed by atoms with Gasteiger partial charge in [-0.3, -0.25) is 0 Å². The van der Waals surface area contributed by atoms with Crippen molar-refractivity contribution in [1.29, 1.82) is 0 Å². The van der Waals surface area contributed by atoms with Crippen molar-refractivity contribution in [3.63, 3.8) is 0 Å². The third kappa shape index (κ3) is 5.22. The lowest BCUT2D eigenvalue weighted by Gasteiger charge is -2.18. The molecule has 0 atom stereocenters. The average Bonchev–Trinajstić information content (AvgIpc) is 2.52. The summed E-state index contributed by atoms with van der Waals surface area (Å²) in [6.07, 6.45) is -2.46. The fraction of sp³-hybridized carbons (Fsp3) is 0.412. The van der Waals surface area contributed by atoms with Crippen molar-refractivity contribution in [2.24, 2.45) is 0 Å². The van der Waals surface area contributed by atoms with E-state index < -0.39 is 11.7 Å². The van der Waals surface area contributed by atoms with Crippen LogP contribution in [0.15, 0.2) is 24.3 Å². The van der Waals surface area contributed by atoms with Gasteiger partial charge in [-0.1, -0.05) is 24.9 Å². The molecule has 1 N–H and O–H groups in total. The number of nitrogens with zero attached hydrogens (tertiary/aromatic N) is 3. The number of anilines is 3. The highest BCUT2D eigenvalue weighted by molar-refractivity contribution is 6.31. The Hall–Kier alpha value is -2.02. The average molecular weight is 373 g/mol. The fourth-order valence-electron chi connectivity index (χ4n) is 2.25. The van der Waals surface area contributed by atoms with Crippen molar-refractivity contribution in [3.8, 4) is 0 Å². The Morgan fingerprint density at radius 2 is 1.92 bits per heavy atom. The molecule has 4 nitrogen and oxygen atoms in total. The third-order valence-corrected chi connectivity index (χ3v) is 3.90. The second-order valence-electron chi connectivity index (χ2n) is 5.79. The minimum Gasteiger partial charge on any atom is -0.344 e. The zero-order valence-electron chi connectivity index (χ0n) is 14.3. The van der Waals surface area contributed by atoms with E-state index in [1.165, 1.54) is 12.1 Å². The normalized spacial score (nSPS) is 11.5. The lowest BCUT2D eigenvalue weighted by molar-refractivity contribution is -0.137. The molecule has 2 rings (SSSR count). The van der Waals surface area contributed by atoms with Crippen LogP contribution in [0.5, 0.6) is 0 Å². The molecule has 0 unspecified atom stereocenters. The molecular formula is C17H20ClF3N4. The van der Waals surface area contributed by atoms with Crippen LogP contribution in [-0.4, -0.2) is 23.6 Å². The van der Waals surface area contributed by atoms with Crippen LogP contribution in [0.25, 0.3) is 0 Å². The van der Waals surface area contributed by atoms with Crippen molar-refractivity contribution in [2.75, 3.05) is 23.8 Å². The molecule has 1 heterocycles. The predicted octanol–water partition coefficient (Wildman–Crippen LogP) is 5.44. The van der Waals surface area contributed by atoms with Crippen molar-refractivity contribution in [2.45, 2.75) is 32.9 Å². The number of unbranched alkanes of at least 4 members (excludes halogenated alkanes) is 1. The van der Waals surface area contributed by atoms with Crippen molar-refractivity contribution >= 4 is 29.1 Å². The molecule has 0 aliphatic carbocycles. The van der Waals surface area contributed by atoms with E-state index in [0.717, 1.165) is 31.1 Å². The highest BCUT2D eigenvalue weighted by Crippen LogP contribution is 2.36. The zero-order valence-corrected chi connectivity index (χ0v) is 15.0. The molecule has 0 saturated heterocycles. The first kappa shape index (κ1) is 19.3. The second kappa shape index (κ2) is 7.91. The standard InChI is InChI=1S/C17H20ClF3N4/c1-4-5-8-25(3)16-22-11(2)9-15(24-16)23-12-6-7-14(18)13(10-12)17(19,20)21/h6-7,9-10H,4-5,8H2,1-3H3,(H,22,23,24). The van der Waals surface area contributed by atoms with Gasteiger partial charge in [0.15, 0.2) is 0 Å². The van der Waals surface area contributed by atoms with Gasteiger partial charge in [0.25, 0.3) is 0 Å². The van der Waals surface area contributed by atoms with Gasteiger partial charge < -0.3 is 10.2 Å². The van der Waals surface area contributed by atoms with E-state index in [0.29, 0.717) is 11.8 Å². The smallest absolute Gasteiger partial charge is 0.344 e. The van der Waals surface area contributed by atoms with Crippen LogP contribution in [0.4, 0.5) is 30.6 Å². The van der Waals surface area contributed by atoms with E-state index in [4.69, 9.17) is 11.6 Å². The third-order valence-electron chi connectivity index (χ3n) is 3.58. The first-order valence-electron chi connectivity index (χ1n) is 7.91. The van der Waals surface area contributed by atoms with Crippen LogP contribution in [0.3, 0.4) is 0 Å². The number of benzene rings is 1. The van der Waals surface area contributed by atoms with Crippen molar-refractivity contribution in [1.82, 2.24) is 9.97 Å². The monoisotopic (exact) mass is 372 g/mol. The minimum atomic E-state index is -4.51. The van der Waals surface area contributed by atoms with Crippen molar-refractivity contribution < 1.29 is 13.2 Å². The maximum atomic E-state index is 13.0. The number of rotatable bonds is 6. The number of nitrogens with one attached hydrogen (secondary N) is 1. The van der Waals surface area contributed by atoms with Gasteiger partial charge in [0, 0.05) is 31.0 Å². The summed E-state index contributed by atoms with van der Waals surface area (Å²) in [4.78, 5) is 10.7. The Kier molecular flexibility index (Phi) is 6.11. The summed E-state index contributed by atoms with van der Waals surface area (Å²) in [5.41, 5.74) is 0.100. The second-order valence-corrected chi connectivity index (χ2v) is 6.19. The lowest BCUT2D eigenvalue weighted by Crippen LogP contribution is -2.21. The molecule has 2 aromatic rings. The predicted molar refractivity (Wildman–Crippen MR) is 94.7 cm³/mol. The number of hydrogen-bond donors (Lipinski definition) is 1. The van der Waals surface area contributed by atoms with Gasteiger partial charge in [-0.2, -0.15) is 18.2 Å². The SMILES string of the molecule is CCCCN(C)c1nc(C)cc(Nc2ccc(Cl)c(C(F)(F)F)c2)n1. The summed E-state index contributed by atoms with van der Waals surface area (Å²) in [7, 11) is 1.89. The van der Waals surface area contributed by atoms with Gasteiger partial charge in [-0.05, 0) is 31.5 Å². The first-order chi connectivity index (χ1) is 11.7. The van der Waals surface area contributed by atoms with Crippen LogP contribution in [-0.2, 0) is 6.18 Å². The van der Waals surface area contributed by atoms with Gasteiger partial charge >= 0.3 is 6.18 Å². The van der Waals surface area contributed by atoms with E-state index in [-0.39, 0.29) is 10.7 Å². The van der Waals surface area contributed by atoms with E-state index in [2.05, 4.69) is 22.2 Å². The molecule has 25 heavy (non-hydrogen) atoms. The summed E-state index contributed by atoms with van der Waals surface area (Å²) in [5.74, 6) is 0.960. The number of aryl methyl sites for hydroxylation is 1. The molecule has 0 spiro atoms. The highest BCUT2D eigenvalue weighted by atomic mass is 35.5. The first-order valence-corrected chi connectivity index (χ1v) is 8.29. The quantitative estimate of drug-likeness (QED) is 0.733. The number of hydrogen-bond acceptors (Lipinski definition) is 4. The number of alkyl halides is 3. The van der Waals surface area contributed by atoms with Crippen LogP contribution >= 0.6 is 11.6 Å². The zero-order chi connectivity index (χ0) is 18.6. The molecule has 0 saturated carbocycles. The highest BCUT2D eigenvalue weighted by Gasteiger charge is 2.33. The molecule has 0 radical (unpaired) electrons. The number of halogens is 4. The molecule has 0 aliphatic heterocycles.